The molecule has 0 aliphatic heterocycles. The molecule has 0 heterocycles. The smallest absolute Gasteiger partial charge is 0.463 e. The molecule has 0 aromatic rings. The largest absolute Gasteiger partial charge is 0.671 e. The van der Waals surface area contributed by atoms with Crippen molar-refractivity contribution < 1.29 is 71.3 Å². The Bertz CT molecular complexity index is 934. The molecule has 6 unspecified atom stereocenters. The summed E-state index contributed by atoms with van der Waals surface area (Å²) in [6.07, 6.45) is -13.1. The average molecular weight is 691 g/mol. The molecule has 43 heavy (non-hydrogen) atoms. The van der Waals surface area contributed by atoms with E-state index >= 15 is 0 Å². The van der Waals surface area contributed by atoms with E-state index in [0.29, 0.717) is 19.3 Å². The van der Waals surface area contributed by atoms with Gasteiger partial charge in [0.25, 0.3) is 5.60 Å². The molecule has 254 valence electrons. The van der Waals surface area contributed by atoms with Crippen molar-refractivity contribution in [3.8, 4) is 0 Å². The van der Waals surface area contributed by atoms with Crippen LogP contribution >= 0.6 is 0 Å². The van der Waals surface area contributed by atoms with E-state index in [4.69, 9.17) is 35.1 Å². The number of carbonyl (C=O) groups is 1. The summed E-state index contributed by atoms with van der Waals surface area (Å²) < 4.78 is 126. The molecule has 0 aromatic heterocycles. The van der Waals surface area contributed by atoms with Gasteiger partial charge in [0.1, 0.15) is 0 Å². The number of rotatable bonds is 16. The van der Waals surface area contributed by atoms with Gasteiger partial charge in [-0.25, -0.2) is 0 Å². The van der Waals surface area contributed by atoms with E-state index in [9.17, 15) is 36.2 Å². The number of hydrogen-bond donors (Lipinski definition) is 1. The lowest BCUT2D eigenvalue weighted by molar-refractivity contribution is -0.370. The normalized spacial score (nSPS) is 27.8. The van der Waals surface area contributed by atoms with Gasteiger partial charge in [-0.05, 0) is 71.3 Å². The van der Waals surface area contributed by atoms with E-state index in [1.165, 1.54) is 28.4 Å². The second kappa shape index (κ2) is 13.6. The Morgan fingerprint density at radius 3 is 1.84 bits per heavy atom. The molecule has 2 rings (SSSR count). The van der Waals surface area contributed by atoms with Crippen molar-refractivity contribution in [1.82, 2.24) is 0 Å². The van der Waals surface area contributed by atoms with Crippen LogP contribution in [0.4, 0.5) is 26.3 Å². The van der Waals surface area contributed by atoms with Crippen molar-refractivity contribution in [2.45, 2.75) is 95.1 Å². The van der Waals surface area contributed by atoms with Crippen LogP contribution in [0, 0.1) is 17.3 Å². The summed E-state index contributed by atoms with van der Waals surface area (Å²) in [4.78, 5) is 13.2. The highest BCUT2D eigenvalue weighted by atomic mass is 28.5. The van der Waals surface area contributed by atoms with Gasteiger partial charge in [-0.15, -0.1) is 0 Å². The molecule has 2 bridgehead atoms. The van der Waals surface area contributed by atoms with Crippen LogP contribution in [0.15, 0.2) is 0 Å². The lowest BCUT2D eigenvalue weighted by atomic mass is 9.74. The minimum absolute atomic E-state index is 0.142. The molecular formula is C24H44F6O10Si3. The third-order valence-electron chi connectivity index (χ3n) is 8.74. The van der Waals surface area contributed by atoms with Gasteiger partial charge in [-0.2, -0.15) is 26.3 Å². The van der Waals surface area contributed by atoms with Crippen molar-refractivity contribution in [2.24, 2.45) is 17.3 Å². The zero-order valence-electron chi connectivity index (χ0n) is 25.9. The van der Waals surface area contributed by atoms with Gasteiger partial charge >= 0.3 is 44.7 Å². The Labute approximate surface area is 251 Å². The zero-order valence-corrected chi connectivity index (χ0v) is 28.9. The van der Waals surface area contributed by atoms with E-state index in [1.807, 2.05) is 6.92 Å². The lowest BCUT2D eigenvalue weighted by Crippen LogP contribution is -2.64. The maximum Gasteiger partial charge on any atom is 0.671 e. The topological polar surface area (TPSA) is 111 Å². The number of aliphatic hydroxyl groups is 1. The maximum atomic E-state index is 13.4. The number of fused-ring (bicyclic) bond motifs is 2. The van der Waals surface area contributed by atoms with E-state index < -0.39 is 68.7 Å². The Hall–Kier alpha value is -0.619. The predicted molar refractivity (Wildman–Crippen MR) is 145 cm³/mol. The molecule has 0 amide bonds. The fourth-order valence-electron chi connectivity index (χ4n) is 6.38. The summed E-state index contributed by atoms with van der Waals surface area (Å²) in [7, 11) is -5.89. The van der Waals surface area contributed by atoms with Crippen molar-refractivity contribution in [1.29, 1.82) is 0 Å². The van der Waals surface area contributed by atoms with Crippen molar-refractivity contribution >= 4 is 32.4 Å². The minimum atomic E-state index is -6.00. The summed E-state index contributed by atoms with van der Waals surface area (Å²) in [5, 5.41) is 9.74. The third-order valence-corrected chi connectivity index (χ3v) is 19.7. The summed E-state index contributed by atoms with van der Waals surface area (Å²) in [5.41, 5.74) is -6.17. The fourth-order valence-corrected chi connectivity index (χ4v) is 18.0. The molecule has 2 aliphatic carbocycles. The van der Waals surface area contributed by atoms with Crippen LogP contribution in [0.5, 0.6) is 0 Å². The van der Waals surface area contributed by atoms with Gasteiger partial charge in [0.2, 0.25) is 0 Å². The van der Waals surface area contributed by atoms with Crippen LogP contribution < -0.4 is 0 Å². The van der Waals surface area contributed by atoms with E-state index in [-0.39, 0.29) is 29.5 Å². The van der Waals surface area contributed by atoms with E-state index in [1.54, 1.807) is 20.4 Å². The Morgan fingerprint density at radius 1 is 0.907 bits per heavy atom. The molecule has 1 N–H and O–H groups in total. The highest BCUT2D eigenvalue weighted by Crippen LogP contribution is 2.64. The van der Waals surface area contributed by atoms with E-state index in [0.717, 1.165) is 7.11 Å². The minimum Gasteiger partial charge on any atom is -0.463 e. The third kappa shape index (κ3) is 7.69. The average Bonchev–Trinajstić information content (AvgIpc) is 3.49. The van der Waals surface area contributed by atoms with Crippen LogP contribution in [-0.2, 0) is 39.9 Å². The van der Waals surface area contributed by atoms with Gasteiger partial charge in [0.05, 0.1) is 11.5 Å². The molecule has 0 saturated heterocycles. The Morgan fingerprint density at radius 2 is 1.44 bits per heavy atom. The van der Waals surface area contributed by atoms with Gasteiger partial charge in [-0.1, -0.05) is 0 Å². The molecule has 2 fully saturated rings. The van der Waals surface area contributed by atoms with Crippen molar-refractivity contribution in [3.63, 3.8) is 0 Å². The van der Waals surface area contributed by atoms with Crippen LogP contribution in [0.25, 0.3) is 0 Å². The van der Waals surface area contributed by atoms with Gasteiger partial charge in [-0.3, -0.25) is 4.79 Å². The van der Waals surface area contributed by atoms with Crippen LogP contribution in [0.1, 0.15) is 52.9 Å². The summed E-state index contributed by atoms with van der Waals surface area (Å²) >= 11 is 0. The van der Waals surface area contributed by atoms with E-state index in [2.05, 4.69) is 0 Å². The summed E-state index contributed by atoms with van der Waals surface area (Å²) in [6, 6.07) is -0.609. The van der Waals surface area contributed by atoms with Crippen molar-refractivity contribution in [3.05, 3.63) is 0 Å². The number of hydrogen-bond acceptors (Lipinski definition) is 10. The Balaban J connectivity index is 2.50. The molecule has 0 radical (unpaired) electrons. The second-order valence-electron chi connectivity index (χ2n) is 11.8. The highest BCUT2D eigenvalue weighted by molar-refractivity contribution is 6.82. The van der Waals surface area contributed by atoms with Crippen LogP contribution in [-0.4, -0.2) is 97.1 Å². The molecule has 0 spiro atoms. The van der Waals surface area contributed by atoms with Gasteiger partial charge in [0, 0.05) is 47.1 Å². The molecule has 19 heteroatoms. The number of halogens is 6. The summed E-state index contributed by atoms with van der Waals surface area (Å²) in [5.74, 6) is -0.454. The predicted octanol–water partition coefficient (Wildman–Crippen LogP) is 5.09. The van der Waals surface area contributed by atoms with Gasteiger partial charge < -0.3 is 40.2 Å². The maximum absolute atomic E-state index is 13.4. The molecule has 10 nitrogen and oxygen atoms in total. The molecule has 2 saturated carbocycles. The first-order valence-corrected chi connectivity index (χ1v) is 19.8. The first-order chi connectivity index (χ1) is 19.6. The molecule has 6 atom stereocenters. The SMILES string of the molecule is CO[Si](CCCC(O)(C(F)(F)F)C(F)(F)F)(O[Si](OC)(OC)OC)O[Si](C)(OC)C1CC2CC1C(C)(C(=O)OC(C)C)C2. The quantitative estimate of drug-likeness (QED) is 0.134. The molecular weight excluding hydrogens is 647 g/mol. The van der Waals surface area contributed by atoms with Crippen LogP contribution in [0.2, 0.25) is 18.1 Å². The van der Waals surface area contributed by atoms with Crippen molar-refractivity contribution in [2.75, 3.05) is 35.5 Å². The number of carbonyl (C=O) groups excluding carboxylic acids is 1. The standard InChI is InChI=1S/C24H44F6O10Si3/c1-16(2)38-20(31)21(3)15-17-13-18(21)19(14-17)41(9,33-4)39-42(34-5,40-43(35-6,36-7)37-8)12-10-11-22(32,23(25,26)27)24(28,29)30/h16-19,32H,10-15H2,1-9H3. The summed E-state index contributed by atoms with van der Waals surface area (Å²) in [6.45, 7) is 7.00. The highest BCUT2D eigenvalue weighted by Gasteiger charge is 2.71. The number of esters is 1. The molecule has 0 aromatic carbocycles. The number of alkyl halides is 6. The fraction of sp³-hybridized carbons (Fsp3) is 0.958. The first kappa shape index (κ1) is 38.6. The second-order valence-corrected chi connectivity index (χ2v) is 21.1. The van der Waals surface area contributed by atoms with Crippen LogP contribution in [0.3, 0.4) is 0 Å². The zero-order chi connectivity index (χ0) is 33.3. The monoisotopic (exact) mass is 690 g/mol. The first-order valence-electron chi connectivity index (χ1n) is 13.8. The Kier molecular flexibility index (Phi) is 12.2. The molecule has 2 aliphatic rings. The number of ether oxygens (including phenoxy) is 1. The van der Waals surface area contributed by atoms with Gasteiger partial charge in [0.15, 0.2) is 0 Å². The lowest BCUT2D eigenvalue weighted by Gasteiger charge is -2.46.